The Morgan fingerprint density at radius 1 is 1.23 bits per heavy atom. The lowest BCUT2D eigenvalue weighted by molar-refractivity contribution is -0.130. The topological polar surface area (TPSA) is 49.6 Å². The third-order valence-corrected chi connectivity index (χ3v) is 6.31. The minimum absolute atomic E-state index is 0.0762. The van der Waals surface area contributed by atoms with Gasteiger partial charge in [-0.25, -0.2) is 0 Å². The van der Waals surface area contributed by atoms with Gasteiger partial charge in [-0.2, -0.15) is 0 Å². The van der Waals surface area contributed by atoms with Crippen molar-refractivity contribution in [3.63, 3.8) is 0 Å². The molecule has 0 unspecified atom stereocenters. The molecule has 1 aromatic carbocycles. The molecule has 1 fully saturated rings. The Morgan fingerprint density at radius 2 is 2.07 bits per heavy atom. The number of furan rings is 1. The summed E-state index contributed by atoms with van der Waals surface area (Å²) in [7, 11) is 4.12. The molecule has 1 aliphatic heterocycles. The Labute approximate surface area is 186 Å². The van der Waals surface area contributed by atoms with Crippen LogP contribution in [0, 0.1) is 0 Å². The average Bonchev–Trinajstić information content (AvgIpc) is 3.28. The van der Waals surface area contributed by atoms with E-state index < -0.39 is 4.46 Å². The van der Waals surface area contributed by atoms with Crippen LogP contribution in [-0.4, -0.2) is 52.3 Å². The van der Waals surface area contributed by atoms with E-state index in [1.165, 1.54) is 5.56 Å². The summed E-state index contributed by atoms with van der Waals surface area (Å²) in [6, 6.07) is 8.15. The predicted octanol–water partition coefficient (Wildman–Crippen LogP) is 4.90. The fourth-order valence-electron chi connectivity index (χ4n) is 3.87. The highest BCUT2D eigenvalue weighted by atomic mass is 35.5. The number of pyridine rings is 1. The van der Waals surface area contributed by atoms with Gasteiger partial charge in [-0.15, -0.1) is 0 Å². The first-order valence-electron chi connectivity index (χ1n) is 10.1. The first-order valence-corrected chi connectivity index (χ1v) is 10.9. The molecule has 0 aliphatic carbocycles. The maximum Gasteiger partial charge on any atom is 0.229 e. The molecule has 158 valence electrons. The van der Waals surface area contributed by atoms with Crippen molar-refractivity contribution in [2.45, 2.75) is 30.1 Å². The highest BCUT2D eigenvalue weighted by Gasteiger charge is 2.40. The summed E-state index contributed by atoms with van der Waals surface area (Å²) in [6.45, 7) is 1.54. The van der Waals surface area contributed by atoms with Crippen LogP contribution in [0.25, 0.3) is 22.1 Å². The number of nitrogens with zero attached hydrogens (tertiary/aromatic N) is 3. The van der Waals surface area contributed by atoms with Crippen LogP contribution in [0.4, 0.5) is 0 Å². The fourth-order valence-corrected chi connectivity index (χ4v) is 4.49. The smallest absolute Gasteiger partial charge is 0.229 e. The van der Waals surface area contributed by atoms with Crippen LogP contribution >= 0.6 is 23.2 Å². The van der Waals surface area contributed by atoms with Crippen molar-refractivity contribution in [1.29, 1.82) is 0 Å². The molecule has 3 heterocycles. The summed E-state index contributed by atoms with van der Waals surface area (Å²) in [5, 5.41) is 1.11. The number of amides is 1. The maximum absolute atomic E-state index is 12.7. The van der Waals surface area contributed by atoms with E-state index in [0.717, 1.165) is 47.0 Å². The predicted molar refractivity (Wildman–Crippen MR) is 121 cm³/mol. The van der Waals surface area contributed by atoms with Gasteiger partial charge in [0.15, 0.2) is 4.46 Å². The van der Waals surface area contributed by atoms with Gasteiger partial charge in [0.2, 0.25) is 5.91 Å². The Bertz CT molecular complexity index is 1060. The van der Waals surface area contributed by atoms with Crippen LogP contribution < -0.4 is 0 Å². The van der Waals surface area contributed by atoms with E-state index in [4.69, 9.17) is 27.6 Å². The van der Waals surface area contributed by atoms with Crippen molar-refractivity contribution in [3.05, 3.63) is 54.0 Å². The van der Waals surface area contributed by atoms with E-state index in [9.17, 15) is 4.79 Å². The van der Waals surface area contributed by atoms with E-state index in [2.05, 4.69) is 30.0 Å². The van der Waals surface area contributed by atoms with Gasteiger partial charge < -0.3 is 14.2 Å². The molecule has 0 spiro atoms. The summed E-state index contributed by atoms with van der Waals surface area (Å²) in [4.78, 5) is 20.8. The second kappa shape index (κ2) is 8.58. The van der Waals surface area contributed by atoms with Gasteiger partial charge in [-0.05, 0) is 61.8 Å². The fraction of sp³-hybridized carbons (Fsp3) is 0.391. The number of benzene rings is 1. The van der Waals surface area contributed by atoms with Crippen molar-refractivity contribution >= 4 is 40.1 Å². The average molecular weight is 446 g/mol. The molecule has 3 aromatic rings. The van der Waals surface area contributed by atoms with Gasteiger partial charge in [0, 0.05) is 42.9 Å². The zero-order chi connectivity index (χ0) is 21.3. The summed E-state index contributed by atoms with van der Waals surface area (Å²) >= 11 is 12.5. The second-order valence-electron chi connectivity index (χ2n) is 8.10. The standard InChI is InChI=1S/C23H25Cl2N3O2/c1-27(2)9-6-18-15-30-21-5-4-17(12-20(18)21)19-10-16(13-26-14-19)11-22(29)28-8-3-7-23(28,24)25/h4-5,10,12-15H,3,6-9,11H2,1-2H3. The van der Waals surface area contributed by atoms with E-state index in [1.54, 1.807) is 11.1 Å². The van der Waals surface area contributed by atoms with Crippen LogP contribution in [0.1, 0.15) is 24.0 Å². The minimum atomic E-state index is -1.10. The molecule has 1 amide bonds. The molecule has 0 radical (unpaired) electrons. The van der Waals surface area contributed by atoms with Gasteiger partial charge >= 0.3 is 0 Å². The molecule has 0 bridgehead atoms. The molecule has 1 aliphatic rings. The number of likely N-dealkylation sites (N-methyl/N-ethyl adjacent to an activating group) is 1. The quantitative estimate of drug-likeness (QED) is 0.400. The van der Waals surface area contributed by atoms with Gasteiger partial charge in [-0.3, -0.25) is 9.78 Å². The molecule has 0 N–H and O–H groups in total. The maximum atomic E-state index is 12.7. The lowest BCUT2D eigenvalue weighted by Crippen LogP contribution is -2.39. The third kappa shape index (κ3) is 4.48. The number of carbonyl (C=O) groups excluding carboxylic acids is 1. The molecule has 0 atom stereocenters. The number of hydrogen-bond donors (Lipinski definition) is 0. The largest absolute Gasteiger partial charge is 0.464 e. The number of hydrogen-bond acceptors (Lipinski definition) is 4. The van der Waals surface area contributed by atoms with E-state index >= 15 is 0 Å². The van der Waals surface area contributed by atoms with E-state index in [0.29, 0.717) is 13.0 Å². The molecule has 30 heavy (non-hydrogen) atoms. The molecule has 7 heteroatoms. The van der Waals surface area contributed by atoms with Gasteiger partial charge in [0.05, 0.1) is 12.7 Å². The van der Waals surface area contributed by atoms with Gasteiger partial charge in [0.1, 0.15) is 5.58 Å². The number of halogens is 2. The molecule has 2 aromatic heterocycles. The van der Waals surface area contributed by atoms with Crippen LogP contribution in [-0.2, 0) is 17.6 Å². The van der Waals surface area contributed by atoms with E-state index in [1.807, 2.05) is 30.7 Å². The van der Waals surface area contributed by atoms with Crippen molar-refractivity contribution < 1.29 is 9.21 Å². The highest BCUT2D eigenvalue weighted by molar-refractivity contribution is 6.48. The number of rotatable bonds is 6. The Kier molecular flexibility index (Phi) is 6.05. The molecule has 1 saturated heterocycles. The zero-order valence-electron chi connectivity index (χ0n) is 17.2. The van der Waals surface area contributed by atoms with E-state index in [-0.39, 0.29) is 12.3 Å². The monoisotopic (exact) mass is 445 g/mol. The second-order valence-corrected chi connectivity index (χ2v) is 9.54. The number of aromatic nitrogens is 1. The van der Waals surface area contributed by atoms with Gasteiger partial charge in [-0.1, -0.05) is 29.3 Å². The third-order valence-electron chi connectivity index (χ3n) is 5.52. The molecule has 4 rings (SSSR count). The molecular formula is C23H25Cl2N3O2. The summed E-state index contributed by atoms with van der Waals surface area (Å²) in [5.41, 5.74) is 4.91. The molecule has 5 nitrogen and oxygen atoms in total. The van der Waals surface area contributed by atoms with Crippen molar-refractivity contribution in [2.24, 2.45) is 0 Å². The highest BCUT2D eigenvalue weighted by Crippen LogP contribution is 2.37. The summed E-state index contributed by atoms with van der Waals surface area (Å²) in [6.07, 6.45) is 7.94. The van der Waals surface area contributed by atoms with Gasteiger partial charge in [0.25, 0.3) is 0 Å². The number of likely N-dealkylation sites (tertiary alicyclic amines) is 1. The summed E-state index contributed by atoms with van der Waals surface area (Å²) < 4.78 is 4.62. The van der Waals surface area contributed by atoms with Crippen LogP contribution in [0.15, 0.2) is 47.3 Å². The Morgan fingerprint density at radius 3 is 2.80 bits per heavy atom. The number of carbonyl (C=O) groups is 1. The van der Waals surface area contributed by atoms with Crippen LogP contribution in [0.3, 0.4) is 0 Å². The summed E-state index contributed by atoms with van der Waals surface area (Å²) in [5.74, 6) is -0.0762. The minimum Gasteiger partial charge on any atom is -0.464 e. The normalized spacial score (nSPS) is 16.0. The first-order chi connectivity index (χ1) is 14.3. The van der Waals surface area contributed by atoms with Crippen LogP contribution in [0.5, 0.6) is 0 Å². The molecule has 0 saturated carbocycles. The lowest BCUT2D eigenvalue weighted by Gasteiger charge is -2.27. The van der Waals surface area contributed by atoms with Crippen LogP contribution in [0.2, 0.25) is 0 Å². The SMILES string of the molecule is CN(C)CCc1coc2ccc(-c3cncc(CC(=O)N4CCCC4(Cl)Cl)c3)cc12. The molecular weight excluding hydrogens is 421 g/mol. The zero-order valence-corrected chi connectivity index (χ0v) is 18.7. The lowest BCUT2D eigenvalue weighted by atomic mass is 10.0. The Hall–Kier alpha value is -2.08. The Balaban J connectivity index is 1.56. The van der Waals surface area contributed by atoms with Crippen molar-refractivity contribution in [1.82, 2.24) is 14.8 Å². The number of alkyl halides is 2. The number of fused-ring (bicyclic) bond motifs is 1. The first kappa shape index (κ1) is 21.2. The van der Waals surface area contributed by atoms with Crippen molar-refractivity contribution in [2.75, 3.05) is 27.2 Å². The van der Waals surface area contributed by atoms with Crippen molar-refractivity contribution in [3.8, 4) is 11.1 Å².